The van der Waals surface area contributed by atoms with Crippen LogP contribution in [0.25, 0.3) is 10.9 Å². The molecule has 1 saturated heterocycles. The molecule has 0 saturated carbocycles. The first-order valence-electron chi connectivity index (χ1n) is 8.56. The Labute approximate surface area is 142 Å². The zero-order valence-corrected chi connectivity index (χ0v) is 14.5. The van der Waals surface area contributed by atoms with E-state index in [1.807, 2.05) is 25.1 Å². The van der Waals surface area contributed by atoms with E-state index >= 15 is 0 Å². The molecule has 5 heteroatoms. The third-order valence-electron chi connectivity index (χ3n) is 4.88. The molecule has 1 aliphatic heterocycles. The van der Waals surface area contributed by atoms with E-state index in [0.29, 0.717) is 25.3 Å². The van der Waals surface area contributed by atoms with Crippen molar-refractivity contribution in [3.05, 3.63) is 35.0 Å². The van der Waals surface area contributed by atoms with E-state index in [1.165, 1.54) is 5.56 Å². The number of nitrogens with one attached hydrogen (secondary N) is 1. The zero-order chi connectivity index (χ0) is 17.3. The normalized spacial score (nSPS) is 18.0. The van der Waals surface area contributed by atoms with Crippen LogP contribution in [0.5, 0.6) is 0 Å². The molecular formula is C19H24N2O3. The monoisotopic (exact) mass is 328 g/mol. The molecule has 1 N–H and O–H groups in total. The molecule has 5 nitrogen and oxygen atoms in total. The first kappa shape index (κ1) is 16.6. The summed E-state index contributed by atoms with van der Waals surface area (Å²) in [4.78, 5) is 29.9. The van der Waals surface area contributed by atoms with Crippen molar-refractivity contribution >= 4 is 22.8 Å². The fourth-order valence-corrected chi connectivity index (χ4v) is 3.39. The van der Waals surface area contributed by atoms with E-state index in [2.05, 4.69) is 11.9 Å². The summed E-state index contributed by atoms with van der Waals surface area (Å²) >= 11 is 0. The lowest BCUT2D eigenvalue weighted by Gasteiger charge is -2.31. The lowest BCUT2D eigenvalue weighted by atomic mass is 9.97. The van der Waals surface area contributed by atoms with Gasteiger partial charge in [0.2, 0.25) is 0 Å². The largest absolute Gasteiger partial charge is 0.466 e. The lowest BCUT2D eigenvalue weighted by molar-refractivity contribution is -0.149. The minimum atomic E-state index is -0.206. The molecule has 24 heavy (non-hydrogen) atoms. The predicted molar refractivity (Wildman–Crippen MR) is 93.0 cm³/mol. The van der Waals surface area contributed by atoms with Crippen molar-refractivity contribution < 1.29 is 14.3 Å². The van der Waals surface area contributed by atoms with Crippen LogP contribution in [0.2, 0.25) is 0 Å². The number of H-pyrrole nitrogens is 1. The molecule has 0 spiro atoms. The van der Waals surface area contributed by atoms with Gasteiger partial charge in [-0.2, -0.15) is 0 Å². The number of carbonyl (C=O) groups excluding carboxylic acids is 2. The van der Waals surface area contributed by atoms with Gasteiger partial charge in [-0.25, -0.2) is 0 Å². The summed E-state index contributed by atoms with van der Waals surface area (Å²) in [5.74, 6) is -0.408. The number of esters is 1. The van der Waals surface area contributed by atoms with E-state index in [-0.39, 0.29) is 17.8 Å². The first-order valence-corrected chi connectivity index (χ1v) is 8.56. The number of benzene rings is 1. The average molecular weight is 328 g/mol. The molecule has 1 fully saturated rings. The van der Waals surface area contributed by atoms with Crippen LogP contribution in [-0.4, -0.2) is 41.5 Å². The van der Waals surface area contributed by atoms with Gasteiger partial charge in [0.1, 0.15) is 0 Å². The van der Waals surface area contributed by atoms with Crippen molar-refractivity contribution in [3.8, 4) is 0 Å². The number of aryl methyl sites for hydroxylation is 2. The third-order valence-corrected chi connectivity index (χ3v) is 4.88. The van der Waals surface area contributed by atoms with Gasteiger partial charge in [-0.1, -0.05) is 0 Å². The number of aromatic amines is 1. The zero-order valence-electron chi connectivity index (χ0n) is 14.5. The molecule has 1 unspecified atom stereocenters. The van der Waals surface area contributed by atoms with Gasteiger partial charge in [0.25, 0.3) is 5.91 Å². The molecule has 1 aromatic carbocycles. The van der Waals surface area contributed by atoms with Crippen molar-refractivity contribution in [2.24, 2.45) is 5.92 Å². The van der Waals surface area contributed by atoms with E-state index < -0.39 is 0 Å². The Bertz CT molecular complexity index is 778. The van der Waals surface area contributed by atoms with Crippen LogP contribution in [0, 0.1) is 19.8 Å². The van der Waals surface area contributed by atoms with E-state index in [1.54, 1.807) is 11.8 Å². The number of nitrogens with zero attached hydrogens (tertiary/aromatic N) is 1. The second-order valence-corrected chi connectivity index (χ2v) is 6.48. The Morgan fingerprint density at radius 3 is 2.88 bits per heavy atom. The molecule has 1 amide bonds. The van der Waals surface area contributed by atoms with Crippen LogP contribution >= 0.6 is 0 Å². The number of hydrogen-bond donors (Lipinski definition) is 1. The summed E-state index contributed by atoms with van der Waals surface area (Å²) in [5, 5.41) is 1.08. The second kappa shape index (κ2) is 6.67. The molecule has 3 rings (SSSR count). The molecule has 0 radical (unpaired) electrons. The van der Waals surface area contributed by atoms with Crippen LogP contribution < -0.4 is 0 Å². The summed E-state index contributed by atoms with van der Waals surface area (Å²) in [5.41, 5.74) is 4.01. The van der Waals surface area contributed by atoms with Gasteiger partial charge < -0.3 is 14.6 Å². The van der Waals surface area contributed by atoms with Crippen molar-refractivity contribution in [2.45, 2.75) is 33.6 Å². The molecule has 0 bridgehead atoms. The highest BCUT2D eigenvalue weighted by molar-refractivity contribution is 5.99. The molecule has 1 aromatic heterocycles. The van der Waals surface area contributed by atoms with Crippen molar-refractivity contribution in [1.82, 2.24) is 9.88 Å². The highest BCUT2D eigenvalue weighted by atomic mass is 16.5. The summed E-state index contributed by atoms with van der Waals surface area (Å²) in [7, 11) is 0. The predicted octanol–water partition coefficient (Wildman–Crippen LogP) is 3.20. The minimum absolute atomic E-state index is 0.0100. The van der Waals surface area contributed by atoms with Crippen molar-refractivity contribution in [3.63, 3.8) is 0 Å². The first-order chi connectivity index (χ1) is 11.5. The Kier molecular flexibility index (Phi) is 4.60. The lowest BCUT2D eigenvalue weighted by Crippen LogP contribution is -2.42. The van der Waals surface area contributed by atoms with Crippen LogP contribution in [0.15, 0.2) is 18.2 Å². The molecule has 2 aromatic rings. The fraction of sp³-hybridized carbons (Fsp3) is 0.474. The average Bonchev–Trinajstić information content (AvgIpc) is 2.88. The highest BCUT2D eigenvalue weighted by Crippen LogP contribution is 2.25. The van der Waals surface area contributed by atoms with E-state index in [4.69, 9.17) is 4.74 Å². The topological polar surface area (TPSA) is 62.4 Å². The van der Waals surface area contributed by atoms with Gasteiger partial charge in [-0.3, -0.25) is 9.59 Å². The summed E-state index contributed by atoms with van der Waals surface area (Å²) < 4.78 is 5.11. The van der Waals surface area contributed by atoms with Crippen molar-refractivity contribution in [2.75, 3.05) is 19.7 Å². The Morgan fingerprint density at radius 1 is 1.33 bits per heavy atom. The standard InChI is InChI=1S/C19H24N2O3/c1-4-24-19(23)15-6-5-9-21(11-15)18(22)14-7-8-17-16(10-14)12(2)13(3)20-17/h7-8,10,15,20H,4-6,9,11H2,1-3H3. The summed E-state index contributed by atoms with van der Waals surface area (Å²) in [6.45, 7) is 7.41. The van der Waals surface area contributed by atoms with Gasteiger partial charge in [0.05, 0.1) is 12.5 Å². The third kappa shape index (κ3) is 3.03. The smallest absolute Gasteiger partial charge is 0.310 e. The highest BCUT2D eigenvalue weighted by Gasteiger charge is 2.29. The number of piperidine rings is 1. The molecule has 128 valence electrons. The maximum absolute atomic E-state index is 12.9. The van der Waals surface area contributed by atoms with Gasteiger partial charge in [0, 0.05) is 35.2 Å². The van der Waals surface area contributed by atoms with Crippen LogP contribution in [0.1, 0.15) is 41.4 Å². The van der Waals surface area contributed by atoms with Gasteiger partial charge >= 0.3 is 5.97 Å². The Morgan fingerprint density at radius 2 is 2.12 bits per heavy atom. The number of likely N-dealkylation sites (tertiary alicyclic amines) is 1. The van der Waals surface area contributed by atoms with Gasteiger partial charge in [-0.05, 0) is 57.4 Å². The molecule has 2 heterocycles. The number of carbonyl (C=O) groups is 2. The number of amides is 1. The van der Waals surface area contributed by atoms with Gasteiger partial charge in [-0.15, -0.1) is 0 Å². The summed E-state index contributed by atoms with van der Waals surface area (Å²) in [6.07, 6.45) is 1.62. The van der Waals surface area contributed by atoms with Crippen LogP contribution in [0.3, 0.4) is 0 Å². The molecule has 1 atom stereocenters. The number of hydrogen-bond acceptors (Lipinski definition) is 3. The Balaban J connectivity index is 1.80. The van der Waals surface area contributed by atoms with Crippen LogP contribution in [0.4, 0.5) is 0 Å². The summed E-state index contributed by atoms with van der Waals surface area (Å²) in [6, 6.07) is 5.76. The minimum Gasteiger partial charge on any atom is -0.466 e. The maximum Gasteiger partial charge on any atom is 0.310 e. The fourth-order valence-electron chi connectivity index (χ4n) is 3.39. The number of fused-ring (bicyclic) bond motifs is 1. The number of aromatic nitrogens is 1. The second-order valence-electron chi connectivity index (χ2n) is 6.48. The number of ether oxygens (including phenoxy) is 1. The molecular weight excluding hydrogens is 304 g/mol. The van der Waals surface area contributed by atoms with Gasteiger partial charge in [0.15, 0.2) is 0 Å². The maximum atomic E-state index is 12.9. The molecule has 0 aliphatic carbocycles. The van der Waals surface area contributed by atoms with Crippen molar-refractivity contribution in [1.29, 1.82) is 0 Å². The number of rotatable bonds is 3. The van der Waals surface area contributed by atoms with E-state index in [9.17, 15) is 9.59 Å². The van der Waals surface area contributed by atoms with Crippen LogP contribution in [-0.2, 0) is 9.53 Å². The quantitative estimate of drug-likeness (QED) is 0.880. The molecule has 1 aliphatic rings. The SMILES string of the molecule is CCOC(=O)C1CCCN(C(=O)c2ccc3[nH]c(C)c(C)c3c2)C1. The Hall–Kier alpha value is -2.30. The van der Waals surface area contributed by atoms with E-state index in [0.717, 1.165) is 29.4 Å².